The first-order valence-electron chi connectivity index (χ1n) is 3.86. The molecule has 1 rings (SSSR count). The highest BCUT2D eigenvalue weighted by Crippen LogP contribution is 2.18. The summed E-state index contributed by atoms with van der Waals surface area (Å²) >= 11 is 3.30. The number of hydrogen-bond donors (Lipinski definition) is 2. The predicted octanol–water partition coefficient (Wildman–Crippen LogP) is 2.46. The maximum atomic E-state index is 12.8. The predicted molar refractivity (Wildman–Crippen MR) is 54.3 cm³/mol. The van der Waals surface area contributed by atoms with Crippen molar-refractivity contribution in [2.45, 2.75) is 12.8 Å². The van der Waals surface area contributed by atoms with E-state index in [0.29, 0.717) is 12.8 Å². The molecule has 1 aromatic carbocycles. The van der Waals surface area contributed by atoms with E-state index in [-0.39, 0.29) is 11.7 Å². The van der Waals surface area contributed by atoms with Crippen molar-refractivity contribution in [3.8, 4) is 0 Å². The van der Waals surface area contributed by atoms with E-state index in [4.69, 9.17) is 11.1 Å². The van der Waals surface area contributed by atoms with Gasteiger partial charge in [0.1, 0.15) is 5.82 Å². The van der Waals surface area contributed by atoms with Gasteiger partial charge in [-0.05, 0) is 30.2 Å². The molecule has 4 heteroatoms. The number of nitrogens with two attached hydrogens (primary N) is 1. The standard InChI is InChI=1S/C9H10BrFN2/c10-8-3-2-7(11)5-6(8)1-4-9(12)13/h2-3,5H,1,4H2,(H3,12,13). The lowest BCUT2D eigenvalue weighted by Gasteiger charge is -2.03. The van der Waals surface area contributed by atoms with Crippen molar-refractivity contribution in [1.29, 1.82) is 5.41 Å². The Kier molecular flexibility index (Phi) is 3.42. The summed E-state index contributed by atoms with van der Waals surface area (Å²) < 4.78 is 13.6. The van der Waals surface area contributed by atoms with Gasteiger partial charge in [0.25, 0.3) is 0 Å². The summed E-state index contributed by atoms with van der Waals surface area (Å²) in [5.41, 5.74) is 6.05. The van der Waals surface area contributed by atoms with Gasteiger partial charge in [-0.1, -0.05) is 15.9 Å². The van der Waals surface area contributed by atoms with Crippen molar-refractivity contribution in [2.75, 3.05) is 0 Å². The largest absolute Gasteiger partial charge is 0.388 e. The van der Waals surface area contributed by atoms with Crippen LogP contribution in [0.3, 0.4) is 0 Å². The Hall–Kier alpha value is -0.900. The van der Waals surface area contributed by atoms with Gasteiger partial charge < -0.3 is 5.73 Å². The molecule has 0 aliphatic heterocycles. The summed E-state index contributed by atoms with van der Waals surface area (Å²) in [6, 6.07) is 4.50. The van der Waals surface area contributed by atoms with Crippen molar-refractivity contribution in [3.05, 3.63) is 34.1 Å². The van der Waals surface area contributed by atoms with Crippen LogP contribution in [0.5, 0.6) is 0 Å². The zero-order chi connectivity index (χ0) is 9.84. The molecule has 0 atom stereocenters. The molecule has 0 amide bonds. The topological polar surface area (TPSA) is 49.9 Å². The van der Waals surface area contributed by atoms with E-state index in [0.717, 1.165) is 10.0 Å². The molecule has 0 saturated heterocycles. The number of benzene rings is 1. The minimum Gasteiger partial charge on any atom is -0.388 e. The summed E-state index contributed by atoms with van der Waals surface area (Å²) in [7, 11) is 0. The SMILES string of the molecule is N=C(N)CCc1cc(F)ccc1Br. The van der Waals surface area contributed by atoms with Gasteiger partial charge in [-0.3, -0.25) is 5.41 Å². The molecule has 3 N–H and O–H groups in total. The summed E-state index contributed by atoms with van der Waals surface area (Å²) in [5.74, 6) is -0.141. The summed E-state index contributed by atoms with van der Waals surface area (Å²) in [6.07, 6.45) is 1.05. The molecule has 0 heterocycles. The van der Waals surface area contributed by atoms with Crippen molar-refractivity contribution in [3.63, 3.8) is 0 Å². The van der Waals surface area contributed by atoms with E-state index in [1.54, 1.807) is 6.07 Å². The Morgan fingerprint density at radius 1 is 1.54 bits per heavy atom. The molecule has 0 bridgehead atoms. The van der Waals surface area contributed by atoms with Crippen LogP contribution in [0.15, 0.2) is 22.7 Å². The second-order valence-electron chi connectivity index (χ2n) is 2.76. The smallest absolute Gasteiger partial charge is 0.123 e. The van der Waals surface area contributed by atoms with Gasteiger partial charge in [0.05, 0.1) is 5.84 Å². The molecule has 0 aromatic heterocycles. The van der Waals surface area contributed by atoms with E-state index < -0.39 is 0 Å². The first-order chi connectivity index (χ1) is 6.09. The lowest BCUT2D eigenvalue weighted by molar-refractivity contribution is 0.625. The van der Waals surface area contributed by atoms with Crippen LogP contribution in [0, 0.1) is 11.2 Å². The Balaban J connectivity index is 2.75. The van der Waals surface area contributed by atoms with Crippen LogP contribution in [0.4, 0.5) is 4.39 Å². The van der Waals surface area contributed by atoms with Gasteiger partial charge in [-0.15, -0.1) is 0 Å². The van der Waals surface area contributed by atoms with Gasteiger partial charge in [0.2, 0.25) is 0 Å². The number of rotatable bonds is 3. The van der Waals surface area contributed by atoms with E-state index >= 15 is 0 Å². The number of aryl methyl sites for hydroxylation is 1. The molecule has 0 saturated carbocycles. The lowest BCUT2D eigenvalue weighted by atomic mass is 10.1. The van der Waals surface area contributed by atoms with E-state index in [9.17, 15) is 4.39 Å². The molecule has 0 aliphatic rings. The minimum absolute atomic E-state index is 0.121. The molecule has 2 nitrogen and oxygen atoms in total. The molecular formula is C9H10BrFN2. The zero-order valence-corrected chi connectivity index (χ0v) is 8.57. The maximum absolute atomic E-state index is 12.8. The summed E-state index contributed by atoms with van der Waals surface area (Å²) in [5, 5.41) is 7.04. The molecular weight excluding hydrogens is 235 g/mol. The molecule has 0 radical (unpaired) electrons. The lowest BCUT2D eigenvalue weighted by Crippen LogP contribution is -2.10. The summed E-state index contributed by atoms with van der Waals surface area (Å²) in [6.45, 7) is 0. The van der Waals surface area contributed by atoms with Crippen LogP contribution in [-0.4, -0.2) is 5.84 Å². The number of nitrogens with one attached hydrogen (secondary N) is 1. The highest BCUT2D eigenvalue weighted by Gasteiger charge is 2.02. The fourth-order valence-electron chi connectivity index (χ4n) is 1.00. The minimum atomic E-state index is -0.262. The van der Waals surface area contributed by atoms with Gasteiger partial charge in [0, 0.05) is 10.9 Å². The maximum Gasteiger partial charge on any atom is 0.123 e. The fourth-order valence-corrected chi connectivity index (χ4v) is 1.45. The molecule has 13 heavy (non-hydrogen) atoms. The van der Waals surface area contributed by atoms with E-state index in [2.05, 4.69) is 15.9 Å². The van der Waals surface area contributed by atoms with Crippen LogP contribution in [0.25, 0.3) is 0 Å². The first-order valence-corrected chi connectivity index (χ1v) is 4.65. The second-order valence-corrected chi connectivity index (χ2v) is 3.62. The average molecular weight is 245 g/mol. The van der Waals surface area contributed by atoms with Crippen molar-refractivity contribution in [1.82, 2.24) is 0 Å². The molecule has 0 unspecified atom stereocenters. The molecule has 0 fully saturated rings. The number of hydrogen-bond acceptors (Lipinski definition) is 1. The monoisotopic (exact) mass is 244 g/mol. The van der Waals surface area contributed by atoms with E-state index in [1.807, 2.05) is 0 Å². The Bertz CT molecular complexity index is 325. The third kappa shape index (κ3) is 3.14. The van der Waals surface area contributed by atoms with Gasteiger partial charge >= 0.3 is 0 Å². The zero-order valence-electron chi connectivity index (χ0n) is 6.98. The van der Waals surface area contributed by atoms with E-state index in [1.165, 1.54) is 12.1 Å². The van der Waals surface area contributed by atoms with Crippen LogP contribution in [-0.2, 0) is 6.42 Å². The highest BCUT2D eigenvalue weighted by molar-refractivity contribution is 9.10. The van der Waals surface area contributed by atoms with Crippen LogP contribution >= 0.6 is 15.9 Å². The fraction of sp³-hybridized carbons (Fsp3) is 0.222. The first kappa shape index (κ1) is 10.2. The summed E-state index contributed by atoms with van der Waals surface area (Å²) in [4.78, 5) is 0. The molecule has 0 aliphatic carbocycles. The van der Waals surface area contributed by atoms with Crippen molar-refractivity contribution >= 4 is 21.8 Å². The Labute approximate surface area is 84.6 Å². The second kappa shape index (κ2) is 4.37. The van der Waals surface area contributed by atoms with Gasteiger partial charge in [-0.2, -0.15) is 0 Å². The molecule has 70 valence electrons. The van der Waals surface area contributed by atoms with Crippen LogP contribution < -0.4 is 5.73 Å². The van der Waals surface area contributed by atoms with Crippen molar-refractivity contribution in [2.24, 2.45) is 5.73 Å². The van der Waals surface area contributed by atoms with Crippen LogP contribution in [0.2, 0.25) is 0 Å². The molecule has 1 aromatic rings. The molecule has 0 spiro atoms. The average Bonchev–Trinajstić information content (AvgIpc) is 2.06. The number of halogens is 2. The Morgan fingerprint density at radius 3 is 2.85 bits per heavy atom. The highest BCUT2D eigenvalue weighted by atomic mass is 79.9. The third-order valence-electron chi connectivity index (χ3n) is 1.67. The van der Waals surface area contributed by atoms with Gasteiger partial charge in [-0.25, -0.2) is 4.39 Å². The van der Waals surface area contributed by atoms with Crippen molar-refractivity contribution < 1.29 is 4.39 Å². The van der Waals surface area contributed by atoms with Crippen LogP contribution in [0.1, 0.15) is 12.0 Å². The Morgan fingerprint density at radius 2 is 2.23 bits per heavy atom. The number of amidine groups is 1. The third-order valence-corrected chi connectivity index (χ3v) is 2.45. The normalized spacial score (nSPS) is 10.0. The van der Waals surface area contributed by atoms with Gasteiger partial charge in [0.15, 0.2) is 0 Å². The quantitative estimate of drug-likeness (QED) is 0.623.